The minimum atomic E-state index is -3.52. The fourth-order valence-corrected chi connectivity index (χ4v) is 4.49. The predicted molar refractivity (Wildman–Crippen MR) is 112 cm³/mol. The van der Waals surface area contributed by atoms with Crippen molar-refractivity contribution in [1.29, 1.82) is 0 Å². The summed E-state index contributed by atoms with van der Waals surface area (Å²) in [5.41, 5.74) is 2.08. The summed E-state index contributed by atoms with van der Waals surface area (Å²) in [5.74, 6) is -0.656. The topological polar surface area (TPSA) is 66.5 Å². The van der Waals surface area contributed by atoms with Crippen LogP contribution in [0.3, 0.4) is 0 Å². The smallest absolute Gasteiger partial charge is 0.236 e. The maximum atomic E-state index is 13.6. The van der Waals surface area contributed by atoms with Crippen LogP contribution < -0.4 is 5.32 Å². The first-order valence-electron chi connectivity index (χ1n) is 9.61. The second-order valence-corrected chi connectivity index (χ2v) is 9.05. The number of hydrogen-bond donors (Lipinski definition) is 1. The van der Waals surface area contributed by atoms with Crippen LogP contribution in [0.2, 0.25) is 0 Å². The quantitative estimate of drug-likeness (QED) is 0.784. The molecule has 3 rings (SSSR count). The first-order valence-corrected chi connectivity index (χ1v) is 11.1. The van der Waals surface area contributed by atoms with Gasteiger partial charge in [0.2, 0.25) is 15.9 Å². The number of carbonyl (C=O) groups excluding carboxylic acids is 1. The Morgan fingerprint density at radius 2 is 1.86 bits per heavy atom. The molecule has 0 atom stereocenters. The van der Waals surface area contributed by atoms with E-state index in [9.17, 15) is 17.6 Å². The number of nitrogens with zero attached hydrogens (tertiary/aromatic N) is 1. The van der Waals surface area contributed by atoms with Gasteiger partial charge in [-0.2, -0.15) is 4.31 Å². The van der Waals surface area contributed by atoms with Gasteiger partial charge in [0.1, 0.15) is 5.82 Å². The van der Waals surface area contributed by atoms with Crippen molar-refractivity contribution in [2.45, 2.75) is 26.3 Å². The Bertz CT molecular complexity index is 982. The summed E-state index contributed by atoms with van der Waals surface area (Å²) >= 11 is 0. The highest BCUT2D eigenvalue weighted by Gasteiger charge is 2.29. The number of hydrogen-bond acceptors (Lipinski definition) is 3. The van der Waals surface area contributed by atoms with E-state index >= 15 is 0 Å². The molecule has 7 heteroatoms. The molecular formula is C22H25FN2O3S. The average molecular weight is 417 g/mol. The van der Waals surface area contributed by atoms with Gasteiger partial charge in [0, 0.05) is 31.0 Å². The van der Waals surface area contributed by atoms with Gasteiger partial charge in [-0.25, -0.2) is 12.8 Å². The number of carbonyl (C=O) groups is 1. The Morgan fingerprint density at radius 1 is 1.17 bits per heavy atom. The molecule has 1 heterocycles. The van der Waals surface area contributed by atoms with E-state index in [2.05, 4.69) is 5.32 Å². The fraction of sp³-hybridized carbons (Fsp3) is 0.318. The van der Waals surface area contributed by atoms with Crippen LogP contribution in [0.1, 0.15) is 29.5 Å². The monoisotopic (exact) mass is 416 g/mol. The van der Waals surface area contributed by atoms with Gasteiger partial charge in [-0.15, -0.1) is 0 Å². The zero-order valence-electron chi connectivity index (χ0n) is 16.3. The lowest BCUT2D eigenvalue weighted by atomic mass is 9.97. The summed E-state index contributed by atoms with van der Waals surface area (Å²) in [6, 6.07) is 14.1. The lowest BCUT2D eigenvalue weighted by molar-refractivity contribution is -0.126. The minimum absolute atomic E-state index is 0.122. The first-order chi connectivity index (χ1) is 13.8. The number of halogens is 1. The third-order valence-electron chi connectivity index (χ3n) is 5.12. The van der Waals surface area contributed by atoms with Crippen molar-refractivity contribution in [3.05, 3.63) is 76.4 Å². The van der Waals surface area contributed by atoms with Crippen LogP contribution in [0.15, 0.2) is 53.9 Å². The molecule has 2 aromatic carbocycles. The normalized spacial score (nSPS) is 16.2. The van der Waals surface area contributed by atoms with E-state index in [1.54, 1.807) is 25.1 Å². The average Bonchev–Trinajstić information content (AvgIpc) is 2.74. The van der Waals surface area contributed by atoms with E-state index in [0.29, 0.717) is 37.1 Å². The third kappa shape index (κ3) is 5.74. The van der Waals surface area contributed by atoms with Gasteiger partial charge in [-0.05, 0) is 48.6 Å². The number of sulfonamides is 1. The van der Waals surface area contributed by atoms with E-state index in [1.165, 1.54) is 15.8 Å². The summed E-state index contributed by atoms with van der Waals surface area (Å²) in [4.78, 5) is 12.4. The van der Waals surface area contributed by atoms with Gasteiger partial charge in [0.05, 0.1) is 0 Å². The molecule has 0 aliphatic carbocycles. The lowest BCUT2D eigenvalue weighted by Gasteiger charge is -2.29. The van der Waals surface area contributed by atoms with Crippen molar-refractivity contribution in [2.75, 3.05) is 13.1 Å². The Kier molecular flexibility index (Phi) is 6.82. The molecule has 1 aliphatic rings. The van der Waals surface area contributed by atoms with Gasteiger partial charge in [0.25, 0.3) is 0 Å². The van der Waals surface area contributed by atoms with E-state index in [1.807, 2.05) is 30.3 Å². The molecule has 1 fully saturated rings. The molecule has 0 spiro atoms. The van der Waals surface area contributed by atoms with Gasteiger partial charge in [0.15, 0.2) is 0 Å². The van der Waals surface area contributed by atoms with E-state index < -0.39 is 10.0 Å². The number of nitrogens with one attached hydrogen (secondary N) is 1. The van der Waals surface area contributed by atoms with Crippen molar-refractivity contribution in [2.24, 2.45) is 5.92 Å². The largest absolute Gasteiger partial charge is 0.352 e. The highest BCUT2D eigenvalue weighted by atomic mass is 32.2. The van der Waals surface area contributed by atoms with Crippen LogP contribution >= 0.6 is 0 Å². The summed E-state index contributed by atoms with van der Waals surface area (Å²) in [5, 5.41) is 4.04. The Labute approximate surface area is 171 Å². The zero-order valence-corrected chi connectivity index (χ0v) is 17.2. The van der Waals surface area contributed by atoms with Crippen LogP contribution in [-0.4, -0.2) is 31.7 Å². The Morgan fingerprint density at radius 3 is 2.52 bits per heavy atom. The second-order valence-electron chi connectivity index (χ2n) is 7.23. The lowest BCUT2D eigenvalue weighted by Crippen LogP contribution is -2.42. The molecule has 1 aliphatic heterocycles. The molecule has 154 valence electrons. The molecule has 5 nitrogen and oxygen atoms in total. The Balaban J connectivity index is 1.50. The molecule has 0 radical (unpaired) electrons. The summed E-state index contributed by atoms with van der Waals surface area (Å²) in [6.45, 7) is 2.56. The van der Waals surface area contributed by atoms with Crippen molar-refractivity contribution in [3.63, 3.8) is 0 Å². The fourth-order valence-electron chi connectivity index (χ4n) is 3.27. The number of amides is 1. The predicted octanol–water partition coefficient (Wildman–Crippen LogP) is 3.46. The highest BCUT2D eigenvalue weighted by Crippen LogP contribution is 2.21. The third-order valence-corrected chi connectivity index (χ3v) is 6.68. The maximum absolute atomic E-state index is 13.6. The van der Waals surface area contributed by atoms with Crippen molar-refractivity contribution < 1.29 is 17.6 Å². The van der Waals surface area contributed by atoms with Crippen LogP contribution in [0.5, 0.6) is 0 Å². The van der Waals surface area contributed by atoms with Crippen molar-refractivity contribution in [1.82, 2.24) is 9.62 Å². The number of benzene rings is 2. The minimum Gasteiger partial charge on any atom is -0.352 e. The van der Waals surface area contributed by atoms with E-state index in [-0.39, 0.29) is 24.2 Å². The molecule has 1 N–H and O–H groups in total. The van der Waals surface area contributed by atoms with Crippen LogP contribution in [-0.2, 0) is 21.4 Å². The molecular weight excluding hydrogens is 391 g/mol. The molecule has 0 bridgehead atoms. The highest BCUT2D eigenvalue weighted by molar-refractivity contribution is 7.92. The van der Waals surface area contributed by atoms with Crippen LogP contribution in [0.25, 0.3) is 6.08 Å². The van der Waals surface area contributed by atoms with E-state index in [0.717, 1.165) is 5.56 Å². The number of piperidine rings is 1. The maximum Gasteiger partial charge on any atom is 0.236 e. The zero-order chi connectivity index (χ0) is 20.9. The Hall–Kier alpha value is -2.51. The summed E-state index contributed by atoms with van der Waals surface area (Å²) in [7, 11) is -3.52. The molecule has 0 aromatic heterocycles. The summed E-state index contributed by atoms with van der Waals surface area (Å²) in [6.07, 6.45) is 2.51. The van der Waals surface area contributed by atoms with Gasteiger partial charge >= 0.3 is 0 Å². The number of rotatable bonds is 6. The first kappa shape index (κ1) is 21.2. The van der Waals surface area contributed by atoms with Gasteiger partial charge < -0.3 is 5.32 Å². The molecule has 29 heavy (non-hydrogen) atoms. The van der Waals surface area contributed by atoms with Gasteiger partial charge in [-0.3, -0.25) is 4.79 Å². The van der Waals surface area contributed by atoms with Crippen LogP contribution in [0.4, 0.5) is 4.39 Å². The number of aryl methyl sites for hydroxylation is 1. The molecule has 1 amide bonds. The molecule has 0 saturated carbocycles. The SMILES string of the molecule is Cc1ccc(CNC(=O)C2CCN(S(=O)(=O)C=Cc3ccccc3)CC2)cc1F. The molecule has 0 unspecified atom stereocenters. The molecule has 2 aromatic rings. The second kappa shape index (κ2) is 9.33. The van der Waals surface area contributed by atoms with E-state index in [4.69, 9.17) is 0 Å². The van der Waals surface area contributed by atoms with Crippen molar-refractivity contribution in [3.8, 4) is 0 Å². The van der Waals surface area contributed by atoms with Gasteiger partial charge in [-0.1, -0.05) is 42.5 Å². The molecule has 1 saturated heterocycles. The van der Waals surface area contributed by atoms with Crippen LogP contribution in [0, 0.1) is 18.7 Å². The standard InChI is InChI=1S/C22H25FN2O3S/c1-17-7-8-19(15-21(17)23)16-24-22(26)20-9-12-25(13-10-20)29(27,28)14-11-18-5-3-2-4-6-18/h2-8,11,14-15,20H,9-10,12-13,16H2,1H3,(H,24,26). The van der Waals surface area contributed by atoms with Crippen molar-refractivity contribution >= 4 is 22.0 Å². The summed E-state index contributed by atoms with van der Waals surface area (Å²) < 4.78 is 40.0.